The van der Waals surface area contributed by atoms with Crippen LogP contribution in [0.1, 0.15) is 5.56 Å². The van der Waals surface area contributed by atoms with Crippen molar-refractivity contribution < 1.29 is 0 Å². The summed E-state index contributed by atoms with van der Waals surface area (Å²) in [6.07, 6.45) is 1.53. The Bertz CT molecular complexity index is 518. The van der Waals surface area contributed by atoms with E-state index in [1.165, 1.54) is 12.3 Å². The third-order valence-electron chi connectivity index (χ3n) is 1.88. The van der Waals surface area contributed by atoms with Crippen LogP contribution in [-0.4, -0.2) is 9.38 Å². The second kappa shape index (κ2) is 3.10. The average molecular weight is 286 g/mol. The van der Waals surface area contributed by atoms with Gasteiger partial charge in [0.05, 0.1) is 3.70 Å². The second-order valence-electron chi connectivity index (χ2n) is 2.78. The Labute approximate surface area is 88.6 Å². The van der Waals surface area contributed by atoms with E-state index < -0.39 is 0 Å². The number of halogens is 1. The van der Waals surface area contributed by atoms with Gasteiger partial charge in [-0.1, -0.05) is 6.07 Å². The van der Waals surface area contributed by atoms with E-state index in [0.29, 0.717) is 5.65 Å². The number of fused-ring (bicyclic) bond motifs is 1. The first-order chi connectivity index (χ1) is 6.20. The normalized spacial score (nSPS) is 10.6. The van der Waals surface area contributed by atoms with E-state index in [2.05, 4.69) is 27.6 Å². The van der Waals surface area contributed by atoms with E-state index in [-0.39, 0.29) is 5.56 Å². The van der Waals surface area contributed by atoms with Gasteiger partial charge in [0, 0.05) is 12.3 Å². The molecule has 0 aromatic carbocycles. The number of pyridine rings is 1. The number of nitrogens with zero attached hydrogens (tertiary/aromatic N) is 2. The smallest absolute Gasteiger partial charge is 0.258 e. The molecule has 4 heteroatoms. The van der Waals surface area contributed by atoms with Crippen molar-refractivity contribution in [3.05, 3.63) is 44.0 Å². The fourth-order valence-corrected chi connectivity index (χ4v) is 1.85. The topological polar surface area (TPSA) is 34.4 Å². The predicted molar refractivity (Wildman–Crippen MR) is 58.9 cm³/mol. The van der Waals surface area contributed by atoms with Crippen LogP contribution >= 0.6 is 22.6 Å². The van der Waals surface area contributed by atoms with Gasteiger partial charge in [0.1, 0.15) is 5.65 Å². The van der Waals surface area contributed by atoms with Crippen molar-refractivity contribution in [3.8, 4) is 0 Å². The predicted octanol–water partition coefficient (Wildman–Crippen LogP) is 1.61. The average Bonchev–Trinajstić information content (AvgIpc) is 2.12. The molecule has 0 spiro atoms. The van der Waals surface area contributed by atoms with Crippen molar-refractivity contribution in [2.45, 2.75) is 6.92 Å². The van der Waals surface area contributed by atoms with Gasteiger partial charge >= 0.3 is 0 Å². The molecule has 3 nitrogen and oxygen atoms in total. The van der Waals surface area contributed by atoms with Crippen LogP contribution in [0.5, 0.6) is 0 Å². The van der Waals surface area contributed by atoms with Crippen LogP contribution in [0.25, 0.3) is 5.65 Å². The number of rotatable bonds is 0. The van der Waals surface area contributed by atoms with Gasteiger partial charge in [-0.05, 0) is 41.1 Å². The number of hydrogen-bond donors (Lipinski definition) is 0. The van der Waals surface area contributed by atoms with E-state index in [1.807, 2.05) is 19.1 Å². The van der Waals surface area contributed by atoms with Crippen LogP contribution in [0.4, 0.5) is 0 Å². The molecule has 0 fully saturated rings. The summed E-state index contributed by atoms with van der Waals surface area (Å²) in [5, 5.41) is 0. The number of hydrogen-bond acceptors (Lipinski definition) is 2. The van der Waals surface area contributed by atoms with Crippen molar-refractivity contribution in [2.24, 2.45) is 0 Å². The lowest BCUT2D eigenvalue weighted by atomic mass is 10.3. The summed E-state index contributed by atoms with van der Waals surface area (Å²) in [5.41, 5.74) is 1.75. The van der Waals surface area contributed by atoms with E-state index >= 15 is 0 Å². The van der Waals surface area contributed by atoms with Crippen molar-refractivity contribution in [1.82, 2.24) is 9.38 Å². The highest BCUT2D eigenvalue weighted by atomic mass is 127. The molecule has 0 aliphatic heterocycles. The number of aromatic nitrogens is 2. The lowest BCUT2D eigenvalue weighted by Crippen LogP contribution is -2.16. The van der Waals surface area contributed by atoms with Crippen molar-refractivity contribution in [1.29, 1.82) is 0 Å². The number of aryl methyl sites for hydroxylation is 1. The summed E-state index contributed by atoms with van der Waals surface area (Å²) in [4.78, 5) is 15.6. The quantitative estimate of drug-likeness (QED) is 0.544. The molecule has 0 atom stereocenters. The summed E-state index contributed by atoms with van der Waals surface area (Å²) in [5.74, 6) is 0. The minimum absolute atomic E-state index is 0.0295. The third kappa shape index (κ3) is 1.35. The fourth-order valence-electron chi connectivity index (χ4n) is 1.18. The first-order valence-corrected chi connectivity index (χ1v) is 4.91. The highest BCUT2D eigenvalue weighted by molar-refractivity contribution is 14.1. The first kappa shape index (κ1) is 8.68. The van der Waals surface area contributed by atoms with Crippen LogP contribution < -0.4 is 5.56 Å². The molecule has 0 saturated carbocycles. The Balaban J connectivity index is 3.06. The van der Waals surface area contributed by atoms with Crippen molar-refractivity contribution in [3.63, 3.8) is 0 Å². The molecule has 0 saturated heterocycles. The Hall–Kier alpha value is -0.910. The van der Waals surface area contributed by atoms with E-state index in [1.54, 1.807) is 4.40 Å². The summed E-state index contributed by atoms with van der Waals surface area (Å²) >= 11 is 2.15. The van der Waals surface area contributed by atoms with Gasteiger partial charge in [-0.25, -0.2) is 4.98 Å². The summed E-state index contributed by atoms with van der Waals surface area (Å²) in [7, 11) is 0. The Morgan fingerprint density at radius 2 is 2.15 bits per heavy atom. The largest absolute Gasteiger partial charge is 0.269 e. The third-order valence-corrected chi connectivity index (χ3v) is 3.21. The van der Waals surface area contributed by atoms with E-state index in [0.717, 1.165) is 9.26 Å². The van der Waals surface area contributed by atoms with E-state index in [9.17, 15) is 4.79 Å². The molecule has 2 aromatic rings. The molecule has 0 radical (unpaired) electrons. The maximum Gasteiger partial charge on any atom is 0.258 e. The van der Waals surface area contributed by atoms with Crippen molar-refractivity contribution >= 4 is 28.2 Å². The van der Waals surface area contributed by atoms with Gasteiger partial charge in [-0.3, -0.25) is 9.20 Å². The minimum Gasteiger partial charge on any atom is -0.269 e. The Kier molecular flexibility index (Phi) is 2.07. The van der Waals surface area contributed by atoms with Crippen LogP contribution in [0, 0.1) is 10.6 Å². The molecule has 13 heavy (non-hydrogen) atoms. The summed E-state index contributed by atoms with van der Waals surface area (Å²) in [6, 6.07) is 5.27. The molecule has 66 valence electrons. The standard InChI is InChI=1S/C9H7IN2O/c1-6-2-3-7-11-5-4-8(13)12(7)9(6)10/h2-5H,1H3. The fraction of sp³-hybridized carbons (Fsp3) is 0.111. The Morgan fingerprint density at radius 1 is 1.38 bits per heavy atom. The molecule has 0 N–H and O–H groups in total. The van der Waals surface area contributed by atoms with Gasteiger partial charge in [0.15, 0.2) is 0 Å². The van der Waals surface area contributed by atoms with Gasteiger partial charge in [-0.15, -0.1) is 0 Å². The molecule has 0 aliphatic carbocycles. The zero-order valence-corrected chi connectivity index (χ0v) is 9.15. The summed E-state index contributed by atoms with van der Waals surface area (Å²) in [6.45, 7) is 1.97. The van der Waals surface area contributed by atoms with Crippen LogP contribution in [0.3, 0.4) is 0 Å². The monoisotopic (exact) mass is 286 g/mol. The molecule has 0 amide bonds. The van der Waals surface area contributed by atoms with Gasteiger partial charge in [0.25, 0.3) is 5.56 Å². The van der Waals surface area contributed by atoms with Crippen LogP contribution in [-0.2, 0) is 0 Å². The molecular formula is C9H7IN2O. The van der Waals surface area contributed by atoms with E-state index in [4.69, 9.17) is 0 Å². The Morgan fingerprint density at radius 3 is 2.92 bits per heavy atom. The molecular weight excluding hydrogens is 279 g/mol. The first-order valence-electron chi connectivity index (χ1n) is 3.83. The SMILES string of the molecule is Cc1ccc2nccc(=O)n2c1I. The van der Waals surface area contributed by atoms with Crippen molar-refractivity contribution in [2.75, 3.05) is 0 Å². The minimum atomic E-state index is -0.0295. The van der Waals surface area contributed by atoms with Gasteiger partial charge in [0.2, 0.25) is 0 Å². The lowest BCUT2D eigenvalue weighted by Gasteiger charge is -2.03. The summed E-state index contributed by atoms with van der Waals surface area (Å²) < 4.78 is 2.53. The zero-order valence-electron chi connectivity index (χ0n) is 6.99. The maximum atomic E-state index is 11.5. The molecule has 2 aromatic heterocycles. The molecule has 2 heterocycles. The highest BCUT2D eigenvalue weighted by Crippen LogP contribution is 2.10. The maximum absolute atomic E-state index is 11.5. The lowest BCUT2D eigenvalue weighted by molar-refractivity contribution is 0.998. The second-order valence-corrected chi connectivity index (χ2v) is 3.81. The molecule has 0 aliphatic rings. The van der Waals surface area contributed by atoms with Gasteiger partial charge < -0.3 is 0 Å². The zero-order chi connectivity index (χ0) is 9.42. The van der Waals surface area contributed by atoms with Gasteiger partial charge in [-0.2, -0.15) is 0 Å². The van der Waals surface area contributed by atoms with Crippen LogP contribution in [0.2, 0.25) is 0 Å². The highest BCUT2D eigenvalue weighted by Gasteiger charge is 2.02. The molecule has 0 bridgehead atoms. The van der Waals surface area contributed by atoms with Crippen LogP contribution in [0.15, 0.2) is 29.2 Å². The molecule has 0 unspecified atom stereocenters. The molecule has 2 rings (SSSR count).